The number of hydrogen-bond donors (Lipinski definition) is 1. The number of hydrogen-bond acceptors (Lipinski definition) is 2. The Balaban J connectivity index is 2.11. The van der Waals surface area contributed by atoms with E-state index in [0.717, 1.165) is 27.6 Å². The van der Waals surface area contributed by atoms with Crippen molar-refractivity contribution in [3.63, 3.8) is 0 Å². The second-order valence-corrected chi connectivity index (χ2v) is 4.76. The number of aromatic nitrogens is 1. The minimum atomic E-state index is 0.286. The zero-order chi connectivity index (χ0) is 13.9. The maximum absolute atomic E-state index is 10.1. The third kappa shape index (κ3) is 2.28. The van der Waals surface area contributed by atoms with Crippen LogP contribution in [0.15, 0.2) is 54.7 Å². The Morgan fingerprint density at radius 1 is 0.950 bits per heavy atom. The van der Waals surface area contributed by atoms with Gasteiger partial charge in [0.25, 0.3) is 0 Å². The first-order valence-electron chi connectivity index (χ1n) is 6.56. The molecule has 2 nitrogen and oxygen atoms in total. The van der Waals surface area contributed by atoms with E-state index >= 15 is 0 Å². The van der Waals surface area contributed by atoms with Crippen LogP contribution in [0.4, 0.5) is 0 Å². The summed E-state index contributed by atoms with van der Waals surface area (Å²) >= 11 is 0. The molecular formula is C18H15NO. The number of aromatic hydroxyl groups is 1. The van der Waals surface area contributed by atoms with Crippen LogP contribution in [-0.2, 0) is 0 Å². The normalized spacial score (nSPS) is 11.2. The third-order valence-corrected chi connectivity index (χ3v) is 3.41. The molecule has 0 aliphatic heterocycles. The summed E-state index contributed by atoms with van der Waals surface area (Å²) in [5.74, 6) is 0.286. The van der Waals surface area contributed by atoms with Gasteiger partial charge in [0, 0.05) is 11.8 Å². The Bertz CT molecular complexity index is 790. The van der Waals surface area contributed by atoms with Gasteiger partial charge in [0.2, 0.25) is 0 Å². The quantitative estimate of drug-likeness (QED) is 0.740. The molecule has 0 spiro atoms. The fourth-order valence-corrected chi connectivity index (χ4v) is 2.29. The number of fused-ring (bicyclic) bond motifs is 1. The van der Waals surface area contributed by atoms with Gasteiger partial charge in [-0.05, 0) is 47.5 Å². The van der Waals surface area contributed by atoms with Crippen LogP contribution in [0, 0.1) is 6.92 Å². The van der Waals surface area contributed by atoms with Gasteiger partial charge in [-0.25, -0.2) is 0 Å². The van der Waals surface area contributed by atoms with Gasteiger partial charge in [0.1, 0.15) is 5.75 Å². The SMILES string of the molecule is Cc1cccnc1/C=C/c1c(O)ccc2ccccc12. The van der Waals surface area contributed by atoms with Crippen LogP contribution >= 0.6 is 0 Å². The Morgan fingerprint density at radius 3 is 2.65 bits per heavy atom. The lowest BCUT2D eigenvalue weighted by Crippen LogP contribution is -1.85. The van der Waals surface area contributed by atoms with E-state index in [1.54, 1.807) is 12.3 Å². The average Bonchev–Trinajstić information content (AvgIpc) is 2.48. The molecule has 2 heteroatoms. The smallest absolute Gasteiger partial charge is 0.123 e. The topological polar surface area (TPSA) is 33.1 Å². The third-order valence-electron chi connectivity index (χ3n) is 3.41. The van der Waals surface area contributed by atoms with Crippen LogP contribution in [0.5, 0.6) is 5.75 Å². The molecular weight excluding hydrogens is 246 g/mol. The van der Waals surface area contributed by atoms with E-state index < -0.39 is 0 Å². The molecule has 0 aliphatic rings. The molecule has 0 atom stereocenters. The standard InChI is InChI=1S/C18H15NO/c1-13-5-4-12-19-17(13)10-9-16-15-7-3-2-6-14(15)8-11-18(16)20/h2-12,20H,1H3/b10-9+. The van der Waals surface area contributed by atoms with Crippen molar-refractivity contribution in [1.82, 2.24) is 4.98 Å². The number of rotatable bonds is 2. The average molecular weight is 261 g/mol. The molecule has 20 heavy (non-hydrogen) atoms. The number of phenolic OH excluding ortho intramolecular Hbond substituents is 1. The lowest BCUT2D eigenvalue weighted by molar-refractivity contribution is 0.475. The van der Waals surface area contributed by atoms with Gasteiger partial charge in [-0.1, -0.05) is 36.4 Å². The number of phenols is 1. The first-order chi connectivity index (χ1) is 9.75. The molecule has 3 rings (SSSR count). The maximum Gasteiger partial charge on any atom is 0.123 e. The van der Waals surface area contributed by atoms with Crippen molar-refractivity contribution in [2.24, 2.45) is 0 Å². The first-order valence-corrected chi connectivity index (χ1v) is 6.56. The van der Waals surface area contributed by atoms with Gasteiger partial charge in [-0.3, -0.25) is 4.98 Å². The van der Waals surface area contributed by atoms with E-state index in [4.69, 9.17) is 0 Å². The van der Waals surface area contributed by atoms with Crippen LogP contribution in [0.25, 0.3) is 22.9 Å². The predicted octanol–water partition coefficient (Wildman–Crippen LogP) is 4.42. The summed E-state index contributed by atoms with van der Waals surface area (Å²) < 4.78 is 0. The molecule has 2 aromatic carbocycles. The molecule has 0 saturated heterocycles. The van der Waals surface area contributed by atoms with Crippen molar-refractivity contribution in [3.05, 3.63) is 71.5 Å². The molecule has 0 aliphatic carbocycles. The number of pyridine rings is 1. The van der Waals surface area contributed by atoms with Crippen LogP contribution < -0.4 is 0 Å². The molecule has 3 aromatic rings. The molecule has 98 valence electrons. The van der Waals surface area contributed by atoms with Crippen LogP contribution in [0.2, 0.25) is 0 Å². The minimum Gasteiger partial charge on any atom is -0.507 e. The zero-order valence-electron chi connectivity index (χ0n) is 11.2. The Labute approximate surface area is 118 Å². The Hall–Kier alpha value is -2.61. The molecule has 0 amide bonds. The van der Waals surface area contributed by atoms with Crippen molar-refractivity contribution in [3.8, 4) is 5.75 Å². The van der Waals surface area contributed by atoms with Gasteiger partial charge in [0.05, 0.1) is 5.69 Å². The van der Waals surface area contributed by atoms with E-state index in [9.17, 15) is 5.11 Å². The zero-order valence-corrected chi connectivity index (χ0v) is 11.2. The maximum atomic E-state index is 10.1. The molecule has 0 bridgehead atoms. The fraction of sp³-hybridized carbons (Fsp3) is 0.0556. The van der Waals surface area contributed by atoms with Crippen molar-refractivity contribution in [2.75, 3.05) is 0 Å². The minimum absolute atomic E-state index is 0.286. The summed E-state index contributed by atoms with van der Waals surface area (Å²) in [7, 11) is 0. The number of aryl methyl sites for hydroxylation is 1. The molecule has 0 unspecified atom stereocenters. The largest absolute Gasteiger partial charge is 0.507 e. The lowest BCUT2D eigenvalue weighted by atomic mass is 10.0. The van der Waals surface area contributed by atoms with Gasteiger partial charge in [-0.2, -0.15) is 0 Å². The molecule has 0 radical (unpaired) electrons. The van der Waals surface area contributed by atoms with E-state index in [1.165, 1.54) is 0 Å². The molecule has 1 N–H and O–H groups in total. The fourth-order valence-electron chi connectivity index (χ4n) is 2.29. The van der Waals surface area contributed by atoms with E-state index in [-0.39, 0.29) is 5.75 Å². The van der Waals surface area contributed by atoms with Crippen molar-refractivity contribution in [2.45, 2.75) is 6.92 Å². The summed E-state index contributed by atoms with van der Waals surface area (Å²) in [6.07, 6.45) is 5.64. The van der Waals surface area contributed by atoms with Gasteiger partial charge < -0.3 is 5.11 Å². The summed E-state index contributed by atoms with van der Waals surface area (Å²) in [6.45, 7) is 2.02. The van der Waals surface area contributed by atoms with Crippen LogP contribution in [0.1, 0.15) is 16.8 Å². The number of benzene rings is 2. The summed E-state index contributed by atoms with van der Waals surface area (Å²) in [4.78, 5) is 4.33. The van der Waals surface area contributed by atoms with E-state index in [0.29, 0.717) is 0 Å². The Morgan fingerprint density at radius 2 is 1.80 bits per heavy atom. The Kier molecular flexibility index (Phi) is 3.21. The van der Waals surface area contributed by atoms with Crippen LogP contribution in [-0.4, -0.2) is 10.1 Å². The van der Waals surface area contributed by atoms with Crippen molar-refractivity contribution in [1.29, 1.82) is 0 Å². The molecule has 1 aromatic heterocycles. The first kappa shape index (κ1) is 12.4. The van der Waals surface area contributed by atoms with Crippen molar-refractivity contribution < 1.29 is 5.11 Å². The monoisotopic (exact) mass is 261 g/mol. The summed E-state index contributed by atoms with van der Waals surface area (Å²) in [5, 5.41) is 12.2. The van der Waals surface area contributed by atoms with Crippen LogP contribution in [0.3, 0.4) is 0 Å². The van der Waals surface area contributed by atoms with E-state index in [1.807, 2.05) is 61.5 Å². The second-order valence-electron chi connectivity index (χ2n) is 4.76. The predicted molar refractivity (Wildman–Crippen MR) is 83.5 cm³/mol. The van der Waals surface area contributed by atoms with Gasteiger partial charge in [0.15, 0.2) is 0 Å². The molecule has 0 fully saturated rings. The summed E-state index contributed by atoms with van der Waals surface area (Å²) in [6, 6.07) is 15.6. The second kappa shape index (κ2) is 5.17. The molecule has 1 heterocycles. The highest BCUT2D eigenvalue weighted by molar-refractivity contribution is 5.95. The van der Waals surface area contributed by atoms with Gasteiger partial charge in [-0.15, -0.1) is 0 Å². The highest BCUT2D eigenvalue weighted by Gasteiger charge is 2.03. The summed E-state index contributed by atoms with van der Waals surface area (Å²) in [5.41, 5.74) is 2.86. The van der Waals surface area contributed by atoms with Crippen molar-refractivity contribution >= 4 is 22.9 Å². The highest BCUT2D eigenvalue weighted by Crippen LogP contribution is 2.28. The van der Waals surface area contributed by atoms with Gasteiger partial charge >= 0.3 is 0 Å². The highest BCUT2D eigenvalue weighted by atomic mass is 16.3. The lowest BCUT2D eigenvalue weighted by Gasteiger charge is -2.05. The number of nitrogens with zero attached hydrogens (tertiary/aromatic N) is 1. The van der Waals surface area contributed by atoms with E-state index in [2.05, 4.69) is 4.98 Å². The molecule has 0 saturated carbocycles.